The van der Waals surface area contributed by atoms with Gasteiger partial charge < -0.3 is 10.5 Å². The molecule has 94 valence electrons. The Hall–Kier alpha value is -2.15. The Kier molecular flexibility index (Phi) is 3.73. The molecule has 0 fully saturated rings. The van der Waals surface area contributed by atoms with E-state index in [-0.39, 0.29) is 0 Å². The SMILES string of the molecule is NC(=O)OC(c1ccccc1)C(Cl)n1cnnn1. The molecule has 0 saturated carbocycles. The summed E-state index contributed by atoms with van der Waals surface area (Å²) in [6.45, 7) is 0. The van der Waals surface area contributed by atoms with E-state index in [4.69, 9.17) is 22.1 Å². The number of nitrogens with two attached hydrogens (primary N) is 1. The van der Waals surface area contributed by atoms with E-state index < -0.39 is 17.7 Å². The Morgan fingerprint density at radius 2 is 2.11 bits per heavy atom. The average molecular weight is 268 g/mol. The van der Waals surface area contributed by atoms with Crippen LogP contribution in [-0.2, 0) is 4.74 Å². The van der Waals surface area contributed by atoms with Crippen LogP contribution in [0.25, 0.3) is 0 Å². The van der Waals surface area contributed by atoms with Crippen LogP contribution in [0.5, 0.6) is 0 Å². The number of alkyl halides is 1. The van der Waals surface area contributed by atoms with Crippen molar-refractivity contribution in [2.45, 2.75) is 11.6 Å². The fourth-order valence-corrected chi connectivity index (χ4v) is 1.76. The van der Waals surface area contributed by atoms with Crippen molar-refractivity contribution < 1.29 is 9.53 Å². The molecule has 2 aromatic rings. The van der Waals surface area contributed by atoms with Gasteiger partial charge in [0.15, 0.2) is 11.6 Å². The Bertz CT molecular complexity index is 504. The molecule has 2 N–H and O–H groups in total. The summed E-state index contributed by atoms with van der Waals surface area (Å²) in [4.78, 5) is 10.9. The first-order valence-electron chi connectivity index (χ1n) is 5.06. The molecular weight excluding hydrogens is 258 g/mol. The number of halogens is 1. The van der Waals surface area contributed by atoms with Crippen LogP contribution in [0, 0.1) is 0 Å². The Morgan fingerprint density at radius 3 is 2.67 bits per heavy atom. The second kappa shape index (κ2) is 5.46. The minimum absolute atomic E-state index is 0.701. The molecule has 1 heterocycles. The van der Waals surface area contributed by atoms with Crippen molar-refractivity contribution in [3.8, 4) is 0 Å². The van der Waals surface area contributed by atoms with Gasteiger partial charge in [-0.25, -0.2) is 9.48 Å². The highest BCUT2D eigenvalue weighted by Gasteiger charge is 2.26. The van der Waals surface area contributed by atoms with Crippen LogP contribution in [0.4, 0.5) is 4.79 Å². The molecule has 0 spiro atoms. The number of aromatic nitrogens is 4. The van der Waals surface area contributed by atoms with Crippen molar-refractivity contribution in [1.29, 1.82) is 0 Å². The highest BCUT2D eigenvalue weighted by Crippen LogP contribution is 2.32. The monoisotopic (exact) mass is 267 g/mol. The van der Waals surface area contributed by atoms with Crippen molar-refractivity contribution >= 4 is 17.7 Å². The van der Waals surface area contributed by atoms with E-state index in [1.807, 2.05) is 6.07 Å². The summed E-state index contributed by atoms with van der Waals surface area (Å²) in [6.07, 6.45) is -0.353. The molecular formula is C10H10ClN5O2. The number of rotatable bonds is 4. The zero-order chi connectivity index (χ0) is 13.0. The molecule has 2 unspecified atom stereocenters. The number of carbonyl (C=O) groups excluding carboxylic acids is 1. The van der Waals surface area contributed by atoms with Crippen LogP contribution in [0.3, 0.4) is 0 Å². The van der Waals surface area contributed by atoms with Crippen molar-refractivity contribution in [1.82, 2.24) is 20.2 Å². The third kappa shape index (κ3) is 2.75. The average Bonchev–Trinajstić information content (AvgIpc) is 2.90. The first-order chi connectivity index (χ1) is 8.68. The molecule has 2 atom stereocenters. The van der Waals surface area contributed by atoms with E-state index in [2.05, 4.69) is 15.5 Å². The third-order valence-electron chi connectivity index (χ3n) is 2.24. The first-order valence-corrected chi connectivity index (χ1v) is 5.49. The number of benzene rings is 1. The molecule has 7 nitrogen and oxygen atoms in total. The van der Waals surface area contributed by atoms with E-state index in [1.54, 1.807) is 24.3 Å². The maximum atomic E-state index is 10.9. The first kappa shape index (κ1) is 12.3. The van der Waals surface area contributed by atoms with E-state index in [1.165, 1.54) is 11.0 Å². The van der Waals surface area contributed by atoms with Crippen LogP contribution in [0.2, 0.25) is 0 Å². The molecule has 1 aromatic heterocycles. The molecule has 0 radical (unpaired) electrons. The Balaban J connectivity index is 2.28. The summed E-state index contributed by atoms with van der Waals surface area (Å²) >= 11 is 6.18. The Morgan fingerprint density at radius 1 is 1.39 bits per heavy atom. The summed E-state index contributed by atoms with van der Waals surface area (Å²) in [7, 11) is 0. The summed E-state index contributed by atoms with van der Waals surface area (Å²) in [5.74, 6) is 0. The Labute approximate surface area is 107 Å². The smallest absolute Gasteiger partial charge is 0.405 e. The van der Waals surface area contributed by atoms with Gasteiger partial charge in [-0.15, -0.1) is 5.10 Å². The molecule has 0 aliphatic heterocycles. The normalized spacial score (nSPS) is 13.8. The van der Waals surface area contributed by atoms with Crippen LogP contribution in [0.1, 0.15) is 17.2 Å². The lowest BCUT2D eigenvalue weighted by atomic mass is 10.1. The summed E-state index contributed by atoms with van der Waals surface area (Å²) in [5.41, 5.74) is 4.96. The molecule has 0 bridgehead atoms. The minimum atomic E-state index is -0.914. The number of amides is 1. The van der Waals surface area contributed by atoms with E-state index in [9.17, 15) is 4.79 Å². The van der Waals surface area contributed by atoms with Crippen molar-refractivity contribution in [2.24, 2.45) is 5.73 Å². The zero-order valence-electron chi connectivity index (χ0n) is 9.18. The highest BCUT2D eigenvalue weighted by molar-refractivity contribution is 6.19. The summed E-state index contributed by atoms with van der Waals surface area (Å²) in [5, 5.41) is 10.6. The van der Waals surface area contributed by atoms with Crippen LogP contribution < -0.4 is 5.73 Å². The maximum absolute atomic E-state index is 10.9. The van der Waals surface area contributed by atoms with Gasteiger partial charge in [-0.05, 0) is 16.0 Å². The predicted molar refractivity (Wildman–Crippen MR) is 62.6 cm³/mol. The maximum Gasteiger partial charge on any atom is 0.405 e. The predicted octanol–water partition coefficient (Wildman–Crippen LogP) is 1.25. The molecule has 0 saturated heterocycles. The highest BCUT2D eigenvalue weighted by atomic mass is 35.5. The van der Waals surface area contributed by atoms with Gasteiger partial charge in [-0.2, -0.15) is 0 Å². The second-order valence-electron chi connectivity index (χ2n) is 3.43. The van der Waals surface area contributed by atoms with Crippen molar-refractivity contribution in [2.75, 3.05) is 0 Å². The van der Waals surface area contributed by atoms with Gasteiger partial charge in [0.2, 0.25) is 0 Å². The number of nitrogens with zero attached hydrogens (tertiary/aromatic N) is 4. The molecule has 1 aromatic carbocycles. The number of carbonyl (C=O) groups is 1. The number of hydrogen-bond donors (Lipinski definition) is 1. The number of primary amides is 1. The molecule has 0 aliphatic carbocycles. The topological polar surface area (TPSA) is 95.9 Å². The fraction of sp³-hybridized carbons (Fsp3) is 0.200. The van der Waals surface area contributed by atoms with Crippen molar-refractivity contribution in [3.63, 3.8) is 0 Å². The lowest BCUT2D eigenvalue weighted by Gasteiger charge is -2.21. The molecule has 18 heavy (non-hydrogen) atoms. The molecule has 8 heteroatoms. The van der Waals surface area contributed by atoms with E-state index in [0.717, 1.165) is 0 Å². The van der Waals surface area contributed by atoms with Gasteiger partial charge >= 0.3 is 6.09 Å². The zero-order valence-corrected chi connectivity index (χ0v) is 9.94. The quantitative estimate of drug-likeness (QED) is 0.841. The van der Waals surface area contributed by atoms with Crippen LogP contribution in [-0.4, -0.2) is 26.3 Å². The standard InChI is InChI=1S/C10H10ClN5O2/c11-9(16-6-13-14-15-16)8(18-10(12)17)7-4-2-1-3-5-7/h1-6,8-9H,(H2,12,17). The minimum Gasteiger partial charge on any atom is -0.438 e. The number of tetrazole rings is 1. The van der Waals surface area contributed by atoms with Gasteiger partial charge in [0.05, 0.1) is 0 Å². The van der Waals surface area contributed by atoms with E-state index in [0.29, 0.717) is 5.56 Å². The molecule has 1 amide bonds. The second-order valence-corrected chi connectivity index (χ2v) is 3.88. The van der Waals surface area contributed by atoms with Gasteiger partial charge in [-0.3, -0.25) is 0 Å². The van der Waals surface area contributed by atoms with Crippen LogP contribution >= 0.6 is 11.6 Å². The van der Waals surface area contributed by atoms with Crippen molar-refractivity contribution in [3.05, 3.63) is 42.2 Å². The summed E-state index contributed by atoms with van der Waals surface area (Å²) in [6, 6.07) is 8.98. The van der Waals surface area contributed by atoms with Gasteiger partial charge in [0.25, 0.3) is 0 Å². The lowest BCUT2D eigenvalue weighted by Crippen LogP contribution is -2.23. The number of ether oxygens (including phenoxy) is 1. The van der Waals surface area contributed by atoms with Gasteiger partial charge in [-0.1, -0.05) is 41.9 Å². The molecule has 0 aliphatic rings. The third-order valence-corrected chi connectivity index (χ3v) is 2.67. The molecule has 2 rings (SSSR count). The van der Waals surface area contributed by atoms with Crippen LogP contribution in [0.15, 0.2) is 36.7 Å². The number of hydrogen-bond acceptors (Lipinski definition) is 5. The lowest BCUT2D eigenvalue weighted by molar-refractivity contribution is 0.0886. The van der Waals surface area contributed by atoms with Gasteiger partial charge in [0, 0.05) is 0 Å². The largest absolute Gasteiger partial charge is 0.438 e. The van der Waals surface area contributed by atoms with Gasteiger partial charge in [0.1, 0.15) is 6.33 Å². The van der Waals surface area contributed by atoms with E-state index >= 15 is 0 Å². The summed E-state index contributed by atoms with van der Waals surface area (Å²) < 4.78 is 6.29. The fourth-order valence-electron chi connectivity index (χ4n) is 1.47.